The Balaban J connectivity index is 1.79. The highest BCUT2D eigenvalue weighted by atomic mass is 15.4. The van der Waals surface area contributed by atoms with Gasteiger partial charge in [0, 0.05) is 6.04 Å². The predicted molar refractivity (Wildman–Crippen MR) is 84.8 cm³/mol. The number of guanidine groups is 1. The van der Waals surface area contributed by atoms with Crippen molar-refractivity contribution in [2.75, 3.05) is 6.54 Å². The maximum atomic E-state index is 6.33. The van der Waals surface area contributed by atoms with Crippen LogP contribution in [0.15, 0.2) is 4.99 Å². The van der Waals surface area contributed by atoms with E-state index in [4.69, 9.17) is 5.73 Å². The molecule has 3 aliphatic rings. The van der Waals surface area contributed by atoms with Crippen LogP contribution in [0.4, 0.5) is 0 Å². The van der Waals surface area contributed by atoms with Crippen molar-refractivity contribution >= 4 is 5.96 Å². The van der Waals surface area contributed by atoms with Gasteiger partial charge < -0.3 is 10.6 Å². The molecular weight excluding hydrogens is 246 g/mol. The first-order valence-electron chi connectivity index (χ1n) is 8.80. The van der Waals surface area contributed by atoms with E-state index in [1.807, 2.05) is 0 Å². The molecule has 1 aliphatic heterocycles. The van der Waals surface area contributed by atoms with Gasteiger partial charge in [-0.25, -0.2) is 0 Å². The summed E-state index contributed by atoms with van der Waals surface area (Å²) in [7, 11) is 0. The Kier molecular flexibility index (Phi) is 4.23. The first kappa shape index (κ1) is 14.2. The Labute approximate surface area is 124 Å². The van der Waals surface area contributed by atoms with E-state index in [-0.39, 0.29) is 5.54 Å². The van der Waals surface area contributed by atoms with Crippen LogP contribution in [0.2, 0.25) is 0 Å². The summed E-state index contributed by atoms with van der Waals surface area (Å²) in [5.74, 6) is 1.73. The van der Waals surface area contributed by atoms with Crippen molar-refractivity contribution in [1.82, 2.24) is 4.90 Å². The number of aliphatic imine (C=N–C) groups is 1. The van der Waals surface area contributed by atoms with Crippen LogP contribution in [-0.4, -0.2) is 29.0 Å². The molecule has 0 aromatic carbocycles. The zero-order valence-corrected chi connectivity index (χ0v) is 13.1. The third-order valence-electron chi connectivity index (χ3n) is 5.92. The minimum Gasteiger partial charge on any atom is -0.370 e. The monoisotopic (exact) mass is 277 g/mol. The molecule has 0 amide bonds. The zero-order chi connectivity index (χ0) is 14.0. The summed E-state index contributed by atoms with van der Waals surface area (Å²) in [6, 6.07) is 0.664. The molecule has 0 aromatic heterocycles. The molecule has 2 aliphatic carbocycles. The molecule has 0 saturated heterocycles. The highest BCUT2D eigenvalue weighted by molar-refractivity contribution is 5.81. The zero-order valence-electron chi connectivity index (χ0n) is 13.1. The Morgan fingerprint density at radius 3 is 2.50 bits per heavy atom. The number of hydrogen-bond acceptors (Lipinski definition) is 3. The second-order valence-electron chi connectivity index (χ2n) is 7.45. The number of nitrogens with zero attached hydrogens (tertiary/aromatic N) is 2. The van der Waals surface area contributed by atoms with Gasteiger partial charge in [0.1, 0.15) is 0 Å². The molecule has 2 N–H and O–H groups in total. The fraction of sp³-hybridized carbons (Fsp3) is 0.941. The van der Waals surface area contributed by atoms with E-state index in [1.54, 1.807) is 0 Å². The molecule has 2 fully saturated rings. The summed E-state index contributed by atoms with van der Waals surface area (Å²) >= 11 is 0. The molecule has 114 valence electrons. The van der Waals surface area contributed by atoms with Gasteiger partial charge in [0.05, 0.1) is 12.1 Å². The van der Waals surface area contributed by atoms with E-state index in [0.717, 1.165) is 18.4 Å². The van der Waals surface area contributed by atoms with Crippen LogP contribution >= 0.6 is 0 Å². The summed E-state index contributed by atoms with van der Waals surface area (Å²) in [4.78, 5) is 7.28. The molecule has 0 aromatic rings. The van der Waals surface area contributed by atoms with Gasteiger partial charge in [0.2, 0.25) is 0 Å². The normalized spacial score (nSPS) is 36.8. The van der Waals surface area contributed by atoms with Gasteiger partial charge in [-0.05, 0) is 38.0 Å². The lowest BCUT2D eigenvalue weighted by Gasteiger charge is -2.44. The molecule has 2 atom stereocenters. The first-order chi connectivity index (χ1) is 9.71. The SMILES string of the molecule is CC1CCCC2(CC1)CN=C(N)N2C1CCCCCC1. The summed E-state index contributed by atoms with van der Waals surface area (Å²) in [5, 5.41) is 0. The van der Waals surface area contributed by atoms with Crippen molar-refractivity contribution in [1.29, 1.82) is 0 Å². The third-order valence-corrected chi connectivity index (χ3v) is 5.92. The standard InChI is InChI=1S/C17H31N3/c1-14-7-6-11-17(12-10-14)13-19-16(18)20(17)15-8-4-2-3-5-9-15/h14-15H,2-13H2,1H3,(H2,18,19). The lowest BCUT2D eigenvalue weighted by Crippen LogP contribution is -2.56. The highest BCUT2D eigenvalue weighted by Gasteiger charge is 2.45. The van der Waals surface area contributed by atoms with Gasteiger partial charge >= 0.3 is 0 Å². The lowest BCUT2D eigenvalue weighted by molar-refractivity contribution is 0.117. The Morgan fingerprint density at radius 2 is 1.75 bits per heavy atom. The quantitative estimate of drug-likeness (QED) is 0.743. The summed E-state index contributed by atoms with van der Waals surface area (Å²) in [5.41, 5.74) is 6.61. The summed E-state index contributed by atoms with van der Waals surface area (Å²) in [6.07, 6.45) is 14.9. The number of nitrogens with two attached hydrogens (primary N) is 1. The van der Waals surface area contributed by atoms with E-state index in [2.05, 4.69) is 16.8 Å². The highest BCUT2D eigenvalue weighted by Crippen LogP contribution is 2.40. The van der Waals surface area contributed by atoms with Gasteiger partial charge in [-0.1, -0.05) is 45.4 Å². The smallest absolute Gasteiger partial charge is 0.192 e. The van der Waals surface area contributed by atoms with Crippen molar-refractivity contribution < 1.29 is 0 Å². The molecular formula is C17H31N3. The summed E-state index contributed by atoms with van der Waals surface area (Å²) < 4.78 is 0. The Hall–Kier alpha value is -0.730. The van der Waals surface area contributed by atoms with E-state index >= 15 is 0 Å². The largest absolute Gasteiger partial charge is 0.370 e. The lowest BCUT2D eigenvalue weighted by atomic mass is 9.86. The van der Waals surface area contributed by atoms with E-state index in [1.165, 1.54) is 70.6 Å². The maximum absolute atomic E-state index is 6.33. The van der Waals surface area contributed by atoms with Crippen LogP contribution in [0.1, 0.15) is 77.6 Å². The predicted octanol–water partition coefficient (Wildman–Crippen LogP) is 3.68. The van der Waals surface area contributed by atoms with E-state index in [0.29, 0.717) is 6.04 Å². The van der Waals surface area contributed by atoms with Crippen molar-refractivity contribution in [2.24, 2.45) is 16.6 Å². The second kappa shape index (κ2) is 5.95. The molecule has 3 heteroatoms. The van der Waals surface area contributed by atoms with Crippen LogP contribution < -0.4 is 5.73 Å². The minimum atomic E-state index is 0.282. The Morgan fingerprint density at radius 1 is 1.00 bits per heavy atom. The van der Waals surface area contributed by atoms with Crippen LogP contribution in [0.3, 0.4) is 0 Å². The van der Waals surface area contributed by atoms with Crippen LogP contribution in [0.5, 0.6) is 0 Å². The van der Waals surface area contributed by atoms with Crippen molar-refractivity contribution in [3.05, 3.63) is 0 Å². The van der Waals surface area contributed by atoms with Crippen LogP contribution in [0.25, 0.3) is 0 Å². The maximum Gasteiger partial charge on any atom is 0.192 e. The molecule has 1 spiro atoms. The molecule has 2 saturated carbocycles. The van der Waals surface area contributed by atoms with Crippen molar-refractivity contribution in [3.8, 4) is 0 Å². The number of rotatable bonds is 1. The Bertz CT molecular complexity index is 357. The average Bonchev–Trinajstić information content (AvgIpc) is 2.66. The fourth-order valence-electron chi connectivity index (χ4n) is 4.68. The molecule has 2 unspecified atom stereocenters. The van der Waals surface area contributed by atoms with Crippen molar-refractivity contribution in [2.45, 2.75) is 89.1 Å². The van der Waals surface area contributed by atoms with Crippen LogP contribution in [0, 0.1) is 5.92 Å². The summed E-state index contributed by atoms with van der Waals surface area (Å²) in [6.45, 7) is 3.37. The molecule has 3 rings (SSSR count). The number of hydrogen-bond donors (Lipinski definition) is 1. The third kappa shape index (κ3) is 2.68. The van der Waals surface area contributed by atoms with Gasteiger partial charge in [-0.15, -0.1) is 0 Å². The molecule has 20 heavy (non-hydrogen) atoms. The molecule has 1 heterocycles. The minimum absolute atomic E-state index is 0.282. The van der Waals surface area contributed by atoms with E-state index < -0.39 is 0 Å². The van der Waals surface area contributed by atoms with Crippen LogP contribution in [-0.2, 0) is 0 Å². The second-order valence-corrected chi connectivity index (χ2v) is 7.45. The molecule has 0 radical (unpaired) electrons. The first-order valence-corrected chi connectivity index (χ1v) is 8.80. The van der Waals surface area contributed by atoms with E-state index in [9.17, 15) is 0 Å². The van der Waals surface area contributed by atoms with Gasteiger partial charge in [-0.2, -0.15) is 0 Å². The topological polar surface area (TPSA) is 41.6 Å². The molecule has 3 nitrogen and oxygen atoms in total. The van der Waals surface area contributed by atoms with Gasteiger partial charge in [-0.3, -0.25) is 4.99 Å². The van der Waals surface area contributed by atoms with Gasteiger partial charge in [0.15, 0.2) is 5.96 Å². The molecule has 0 bridgehead atoms. The van der Waals surface area contributed by atoms with Crippen molar-refractivity contribution in [3.63, 3.8) is 0 Å². The average molecular weight is 277 g/mol. The van der Waals surface area contributed by atoms with Gasteiger partial charge in [0.25, 0.3) is 0 Å². The fourth-order valence-corrected chi connectivity index (χ4v) is 4.68.